The van der Waals surface area contributed by atoms with Crippen molar-refractivity contribution in [1.82, 2.24) is 10.6 Å². The summed E-state index contributed by atoms with van der Waals surface area (Å²) < 4.78 is 0. The van der Waals surface area contributed by atoms with Crippen LogP contribution in [0.4, 0.5) is 0 Å². The molecule has 2 aromatic rings. The van der Waals surface area contributed by atoms with E-state index < -0.39 is 0 Å². The van der Waals surface area contributed by atoms with E-state index in [0.717, 1.165) is 17.7 Å². The first kappa shape index (κ1) is 12.9. The van der Waals surface area contributed by atoms with Crippen LogP contribution in [0.2, 0.25) is 0 Å². The maximum absolute atomic E-state index is 12.2. The predicted octanol–water partition coefficient (Wildman–Crippen LogP) is 2.42. The van der Waals surface area contributed by atoms with Gasteiger partial charge in [-0.3, -0.25) is 4.79 Å². The fourth-order valence-electron chi connectivity index (χ4n) is 2.61. The van der Waals surface area contributed by atoms with Gasteiger partial charge in [0.15, 0.2) is 0 Å². The van der Waals surface area contributed by atoms with Crippen molar-refractivity contribution < 1.29 is 4.79 Å². The van der Waals surface area contributed by atoms with Gasteiger partial charge in [0.2, 0.25) is 0 Å². The van der Waals surface area contributed by atoms with E-state index in [2.05, 4.69) is 41.8 Å². The Balaban J connectivity index is 2.08. The molecule has 1 aliphatic rings. The molecule has 3 rings (SSSR count). The van der Waals surface area contributed by atoms with Crippen molar-refractivity contribution in [2.45, 2.75) is 13.0 Å². The van der Waals surface area contributed by atoms with Crippen LogP contribution in [-0.2, 0) is 0 Å². The van der Waals surface area contributed by atoms with E-state index in [1.54, 1.807) is 0 Å². The van der Waals surface area contributed by atoms with Crippen molar-refractivity contribution in [3.05, 3.63) is 70.8 Å². The van der Waals surface area contributed by atoms with Crippen LogP contribution in [0.25, 0.3) is 0 Å². The monoisotopic (exact) mass is 266 g/mol. The fraction of sp³-hybridized carbons (Fsp3) is 0.235. The Morgan fingerprint density at radius 2 is 1.75 bits per heavy atom. The van der Waals surface area contributed by atoms with E-state index in [0.29, 0.717) is 6.54 Å². The third-order valence-electron chi connectivity index (χ3n) is 3.69. The van der Waals surface area contributed by atoms with Crippen molar-refractivity contribution >= 4 is 5.91 Å². The number of fused-ring (bicyclic) bond motifs is 1. The van der Waals surface area contributed by atoms with Gasteiger partial charge in [-0.25, -0.2) is 0 Å². The average Bonchev–Trinajstić information content (AvgIpc) is 2.47. The number of carbonyl (C=O) groups excluding carboxylic acids is 1. The average molecular weight is 266 g/mol. The Bertz CT molecular complexity index is 619. The molecule has 0 aliphatic carbocycles. The highest BCUT2D eigenvalue weighted by molar-refractivity contribution is 5.96. The van der Waals surface area contributed by atoms with Crippen molar-refractivity contribution in [2.75, 3.05) is 13.1 Å². The van der Waals surface area contributed by atoms with Crippen LogP contribution in [0.15, 0.2) is 48.5 Å². The van der Waals surface area contributed by atoms with Crippen molar-refractivity contribution in [3.63, 3.8) is 0 Å². The maximum Gasteiger partial charge on any atom is 0.251 e. The predicted molar refractivity (Wildman–Crippen MR) is 79.8 cm³/mol. The third kappa shape index (κ3) is 2.45. The standard InChI is InChI=1S/C17H18N2O/c1-12-6-8-13(9-7-12)16-14-4-2-3-5-15(14)17(20)19-11-10-18-16/h2-9,16,18H,10-11H2,1H3,(H,19,20). The molecule has 102 valence electrons. The molecule has 1 atom stereocenters. The molecule has 1 amide bonds. The van der Waals surface area contributed by atoms with Crippen LogP contribution in [-0.4, -0.2) is 19.0 Å². The van der Waals surface area contributed by atoms with Gasteiger partial charge < -0.3 is 10.6 Å². The number of nitrogens with one attached hydrogen (secondary N) is 2. The van der Waals surface area contributed by atoms with Crippen LogP contribution in [0, 0.1) is 6.92 Å². The molecule has 0 spiro atoms. The van der Waals surface area contributed by atoms with Crippen LogP contribution in [0.3, 0.4) is 0 Å². The largest absolute Gasteiger partial charge is 0.351 e. The Morgan fingerprint density at radius 1 is 1.00 bits per heavy atom. The van der Waals surface area contributed by atoms with Crippen molar-refractivity contribution in [3.8, 4) is 0 Å². The SMILES string of the molecule is Cc1ccc(C2NCCNC(=O)c3ccccc32)cc1. The minimum absolute atomic E-state index is 0.0132. The zero-order chi connectivity index (χ0) is 13.9. The fourth-order valence-corrected chi connectivity index (χ4v) is 2.61. The smallest absolute Gasteiger partial charge is 0.251 e. The van der Waals surface area contributed by atoms with Crippen molar-refractivity contribution in [2.24, 2.45) is 0 Å². The highest BCUT2D eigenvalue weighted by atomic mass is 16.1. The van der Waals surface area contributed by atoms with Gasteiger partial charge in [0.1, 0.15) is 0 Å². The van der Waals surface area contributed by atoms with Gasteiger partial charge in [-0.15, -0.1) is 0 Å². The lowest BCUT2D eigenvalue weighted by atomic mass is 9.93. The van der Waals surface area contributed by atoms with Gasteiger partial charge in [-0.2, -0.15) is 0 Å². The van der Waals surface area contributed by atoms with E-state index in [1.807, 2.05) is 24.3 Å². The topological polar surface area (TPSA) is 41.1 Å². The van der Waals surface area contributed by atoms with Gasteiger partial charge in [0, 0.05) is 18.7 Å². The minimum atomic E-state index is 0.0132. The molecule has 3 nitrogen and oxygen atoms in total. The molecule has 1 heterocycles. The molecule has 0 radical (unpaired) electrons. The zero-order valence-corrected chi connectivity index (χ0v) is 11.5. The minimum Gasteiger partial charge on any atom is -0.351 e. The van der Waals surface area contributed by atoms with Crippen LogP contribution < -0.4 is 10.6 Å². The number of rotatable bonds is 1. The first-order valence-corrected chi connectivity index (χ1v) is 6.93. The number of hydrogen-bond donors (Lipinski definition) is 2. The Morgan fingerprint density at radius 3 is 2.55 bits per heavy atom. The molecule has 3 heteroatoms. The summed E-state index contributed by atoms with van der Waals surface area (Å²) >= 11 is 0. The summed E-state index contributed by atoms with van der Waals surface area (Å²) in [7, 11) is 0. The van der Waals surface area contributed by atoms with Gasteiger partial charge in [0.05, 0.1) is 6.04 Å². The second-order valence-corrected chi connectivity index (χ2v) is 5.14. The Kier molecular flexibility index (Phi) is 3.52. The summed E-state index contributed by atoms with van der Waals surface area (Å²) in [4.78, 5) is 12.2. The summed E-state index contributed by atoms with van der Waals surface area (Å²) in [6, 6.07) is 16.3. The molecule has 2 aromatic carbocycles. The molecular weight excluding hydrogens is 248 g/mol. The quantitative estimate of drug-likeness (QED) is 0.832. The molecule has 0 fully saturated rings. The summed E-state index contributed by atoms with van der Waals surface area (Å²) in [5.41, 5.74) is 4.22. The molecule has 0 aromatic heterocycles. The lowest BCUT2D eigenvalue weighted by Crippen LogP contribution is -2.38. The molecule has 0 bridgehead atoms. The van der Waals surface area contributed by atoms with Crippen LogP contribution in [0.5, 0.6) is 0 Å². The molecule has 1 aliphatic heterocycles. The van der Waals surface area contributed by atoms with E-state index >= 15 is 0 Å². The summed E-state index contributed by atoms with van der Waals surface area (Å²) in [6.45, 7) is 3.49. The van der Waals surface area contributed by atoms with E-state index in [9.17, 15) is 4.79 Å². The number of amides is 1. The second-order valence-electron chi connectivity index (χ2n) is 5.14. The van der Waals surface area contributed by atoms with Gasteiger partial charge in [-0.1, -0.05) is 48.0 Å². The van der Waals surface area contributed by atoms with Gasteiger partial charge >= 0.3 is 0 Å². The highest BCUT2D eigenvalue weighted by Gasteiger charge is 2.22. The number of hydrogen-bond acceptors (Lipinski definition) is 2. The normalized spacial score (nSPS) is 18.6. The van der Waals surface area contributed by atoms with Crippen LogP contribution in [0.1, 0.15) is 33.1 Å². The van der Waals surface area contributed by atoms with E-state index in [-0.39, 0.29) is 11.9 Å². The lowest BCUT2D eigenvalue weighted by Gasteiger charge is -2.25. The number of carbonyl (C=O) groups is 1. The number of benzene rings is 2. The van der Waals surface area contributed by atoms with Gasteiger partial charge in [-0.05, 0) is 24.1 Å². The molecular formula is C17H18N2O. The first-order chi connectivity index (χ1) is 9.75. The third-order valence-corrected chi connectivity index (χ3v) is 3.69. The first-order valence-electron chi connectivity index (χ1n) is 6.93. The van der Waals surface area contributed by atoms with E-state index in [1.165, 1.54) is 11.1 Å². The zero-order valence-electron chi connectivity index (χ0n) is 11.5. The molecule has 0 saturated heterocycles. The van der Waals surface area contributed by atoms with Crippen molar-refractivity contribution in [1.29, 1.82) is 0 Å². The lowest BCUT2D eigenvalue weighted by molar-refractivity contribution is 0.0949. The summed E-state index contributed by atoms with van der Waals surface area (Å²) in [5, 5.41) is 6.44. The molecule has 0 saturated carbocycles. The molecule has 1 unspecified atom stereocenters. The summed E-state index contributed by atoms with van der Waals surface area (Å²) in [5.74, 6) is 0.0132. The van der Waals surface area contributed by atoms with Gasteiger partial charge in [0.25, 0.3) is 5.91 Å². The molecule has 20 heavy (non-hydrogen) atoms. The second kappa shape index (κ2) is 5.47. The molecule has 2 N–H and O–H groups in total. The Labute approximate surface area is 119 Å². The summed E-state index contributed by atoms with van der Waals surface area (Å²) in [6.07, 6.45) is 0. The number of aryl methyl sites for hydroxylation is 1. The highest BCUT2D eigenvalue weighted by Crippen LogP contribution is 2.26. The van der Waals surface area contributed by atoms with Crippen LogP contribution >= 0.6 is 0 Å². The van der Waals surface area contributed by atoms with E-state index in [4.69, 9.17) is 0 Å². The Hall–Kier alpha value is -2.13. The maximum atomic E-state index is 12.2.